The monoisotopic (exact) mass is 286 g/mol. The SMILES string of the molecule is CN1CCCc2cc(CNC(=O)c3cccs3)ccc21. The first-order valence-corrected chi connectivity index (χ1v) is 7.76. The number of nitrogens with zero attached hydrogens (tertiary/aromatic N) is 1. The molecule has 20 heavy (non-hydrogen) atoms. The third kappa shape index (κ3) is 2.70. The van der Waals surface area contributed by atoms with Gasteiger partial charge in [0.05, 0.1) is 4.88 Å². The number of hydrogen-bond acceptors (Lipinski definition) is 3. The highest BCUT2D eigenvalue weighted by molar-refractivity contribution is 7.12. The molecule has 1 aliphatic heterocycles. The number of amides is 1. The molecular weight excluding hydrogens is 268 g/mol. The van der Waals surface area contributed by atoms with Gasteiger partial charge in [0.1, 0.15) is 0 Å². The van der Waals surface area contributed by atoms with Crippen LogP contribution in [0.5, 0.6) is 0 Å². The van der Waals surface area contributed by atoms with E-state index in [1.807, 2.05) is 17.5 Å². The molecule has 0 unspecified atom stereocenters. The van der Waals surface area contributed by atoms with Crippen LogP contribution in [0.25, 0.3) is 0 Å². The van der Waals surface area contributed by atoms with Gasteiger partial charge in [0.15, 0.2) is 0 Å². The zero-order valence-corrected chi connectivity index (χ0v) is 12.4. The van der Waals surface area contributed by atoms with Gasteiger partial charge in [-0.2, -0.15) is 0 Å². The van der Waals surface area contributed by atoms with Crippen molar-refractivity contribution in [2.45, 2.75) is 19.4 Å². The Kier molecular flexibility index (Phi) is 3.74. The van der Waals surface area contributed by atoms with E-state index in [-0.39, 0.29) is 5.91 Å². The van der Waals surface area contributed by atoms with Crippen molar-refractivity contribution in [3.8, 4) is 0 Å². The van der Waals surface area contributed by atoms with Crippen LogP contribution in [0.2, 0.25) is 0 Å². The van der Waals surface area contributed by atoms with E-state index >= 15 is 0 Å². The molecule has 0 atom stereocenters. The second-order valence-corrected chi connectivity index (χ2v) is 6.10. The molecule has 104 valence electrons. The molecule has 1 aliphatic rings. The molecule has 0 spiro atoms. The van der Waals surface area contributed by atoms with Crippen LogP contribution in [-0.4, -0.2) is 19.5 Å². The summed E-state index contributed by atoms with van der Waals surface area (Å²) in [7, 11) is 2.14. The van der Waals surface area contributed by atoms with E-state index in [4.69, 9.17) is 0 Å². The second kappa shape index (κ2) is 5.67. The number of benzene rings is 1. The van der Waals surface area contributed by atoms with Crippen LogP contribution in [-0.2, 0) is 13.0 Å². The summed E-state index contributed by atoms with van der Waals surface area (Å²) in [6.07, 6.45) is 2.33. The highest BCUT2D eigenvalue weighted by Crippen LogP contribution is 2.26. The Morgan fingerprint density at radius 3 is 3.10 bits per heavy atom. The molecule has 0 fully saturated rings. The summed E-state index contributed by atoms with van der Waals surface area (Å²) >= 11 is 1.47. The lowest BCUT2D eigenvalue weighted by molar-refractivity contribution is 0.0955. The number of hydrogen-bond donors (Lipinski definition) is 1. The maximum atomic E-state index is 11.9. The van der Waals surface area contributed by atoms with Gasteiger partial charge in [0.2, 0.25) is 0 Å². The molecule has 0 aliphatic carbocycles. The molecule has 0 saturated heterocycles. The van der Waals surface area contributed by atoms with Crippen LogP contribution >= 0.6 is 11.3 Å². The zero-order chi connectivity index (χ0) is 13.9. The van der Waals surface area contributed by atoms with Crippen molar-refractivity contribution in [1.82, 2.24) is 5.32 Å². The van der Waals surface area contributed by atoms with Crippen molar-refractivity contribution in [1.29, 1.82) is 0 Å². The van der Waals surface area contributed by atoms with Crippen molar-refractivity contribution in [2.75, 3.05) is 18.5 Å². The summed E-state index contributed by atoms with van der Waals surface area (Å²) in [4.78, 5) is 15.0. The van der Waals surface area contributed by atoms with Gasteiger partial charge in [0, 0.05) is 25.8 Å². The number of nitrogens with one attached hydrogen (secondary N) is 1. The highest BCUT2D eigenvalue weighted by atomic mass is 32.1. The molecule has 4 heteroatoms. The quantitative estimate of drug-likeness (QED) is 0.940. The Hall–Kier alpha value is -1.81. The topological polar surface area (TPSA) is 32.3 Å². The number of carbonyl (C=O) groups is 1. The lowest BCUT2D eigenvalue weighted by Crippen LogP contribution is -2.25. The second-order valence-electron chi connectivity index (χ2n) is 5.15. The fourth-order valence-corrected chi connectivity index (χ4v) is 3.27. The molecule has 3 nitrogen and oxygen atoms in total. The molecule has 1 amide bonds. The van der Waals surface area contributed by atoms with Gasteiger partial charge >= 0.3 is 0 Å². The predicted octanol–water partition coefficient (Wildman–Crippen LogP) is 3.06. The predicted molar refractivity (Wildman–Crippen MR) is 83.5 cm³/mol. The van der Waals surface area contributed by atoms with Crippen molar-refractivity contribution in [2.24, 2.45) is 0 Å². The smallest absolute Gasteiger partial charge is 0.261 e. The Morgan fingerprint density at radius 2 is 2.30 bits per heavy atom. The third-order valence-electron chi connectivity index (χ3n) is 3.69. The third-order valence-corrected chi connectivity index (χ3v) is 4.56. The van der Waals surface area contributed by atoms with Gasteiger partial charge < -0.3 is 10.2 Å². The summed E-state index contributed by atoms with van der Waals surface area (Å²) in [5, 5.41) is 4.90. The van der Waals surface area contributed by atoms with Crippen LogP contribution in [0.15, 0.2) is 35.7 Å². The number of carbonyl (C=O) groups excluding carboxylic acids is 1. The molecule has 1 N–H and O–H groups in total. The van der Waals surface area contributed by atoms with E-state index in [2.05, 4.69) is 35.5 Å². The van der Waals surface area contributed by atoms with Gasteiger partial charge in [-0.05, 0) is 41.5 Å². The Balaban J connectivity index is 1.68. The molecule has 1 aromatic heterocycles. The molecule has 0 saturated carbocycles. The van der Waals surface area contributed by atoms with Gasteiger partial charge in [0.25, 0.3) is 5.91 Å². The number of anilines is 1. The fraction of sp³-hybridized carbons (Fsp3) is 0.312. The normalized spacial score (nSPS) is 13.9. The van der Waals surface area contributed by atoms with Crippen molar-refractivity contribution in [3.05, 3.63) is 51.7 Å². The summed E-state index contributed by atoms with van der Waals surface area (Å²) in [6, 6.07) is 10.2. The average Bonchev–Trinajstić information content (AvgIpc) is 2.99. The molecule has 1 aromatic carbocycles. The van der Waals surface area contributed by atoms with E-state index in [0.29, 0.717) is 6.54 Å². The standard InChI is InChI=1S/C16H18N2OS/c1-18-8-2-4-13-10-12(6-7-14(13)18)11-17-16(19)15-5-3-9-20-15/h3,5-7,9-10H,2,4,8,11H2,1H3,(H,17,19). The highest BCUT2D eigenvalue weighted by Gasteiger charge is 2.14. The minimum atomic E-state index is 0.00911. The lowest BCUT2D eigenvalue weighted by atomic mass is 9.99. The average molecular weight is 286 g/mol. The van der Waals surface area contributed by atoms with Crippen molar-refractivity contribution in [3.63, 3.8) is 0 Å². The fourth-order valence-electron chi connectivity index (χ4n) is 2.63. The van der Waals surface area contributed by atoms with Gasteiger partial charge in [-0.15, -0.1) is 11.3 Å². The molecule has 2 aromatic rings. The van der Waals surface area contributed by atoms with E-state index in [1.165, 1.54) is 34.6 Å². The van der Waals surface area contributed by atoms with E-state index < -0.39 is 0 Å². The minimum Gasteiger partial charge on any atom is -0.374 e. The van der Waals surface area contributed by atoms with Crippen molar-refractivity contribution >= 4 is 22.9 Å². The summed E-state index contributed by atoms with van der Waals surface area (Å²) in [5.74, 6) is 0.00911. The number of rotatable bonds is 3. The summed E-state index contributed by atoms with van der Waals surface area (Å²) < 4.78 is 0. The minimum absolute atomic E-state index is 0.00911. The van der Waals surface area contributed by atoms with Crippen LogP contribution in [0.3, 0.4) is 0 Å². The lowest BCUT2D eigenvalue weighted by Gasteiger charge is -2.27. The number of aryl methyl sites for hydroxylation is 1. The molecule has 2 heterocycles. The van der Waals surface area contributed by atoms with Gasteiger partial charge in [-0.1, -0.05) is 18.2 Å². The first-order chi connectivity index (χ1) is 9.74. The maximum Gasteiger partial charge on any atom is 0.261 e. The molecular formula is C16H18N2OS. The zero-order valence-electron chi connectivity index (χ0n) is 11.6. The van der Waals surface area contributed by atoms with Crippen LogP contribution in [0.1, 0.15) is 27.2 Å². The maximum absolute atomic E-state index is 11.9. The molecule has 0 radical (unpaired) electrons. The van der Waals surface area contributed by atoms with Crippen molar-refractivity contribution < 1.29 is 4.79 Å². The molecule has 0 bridgehead atoms. The van der Waals surface area contributed by atoms with E-state index in [1.54, 1.807) is 0 Å². The number of fused-ring (bicyclic) bond motifs is 1. The Labute approximate surface area is 123 Å². The van der Waals surface area contributed by atoms with Crippen LogP contribution in [0, 0.1) is 0 Å². The summed E-state index contributed by atoms with van der Waals surface area (Å²) in [6.45, 7) is 1.72. The first-order valence-electron chi connectivity index (χ1n) is 6.89. The molecule has 3 rings (SSSR count). The largest absolute Gasteiger partial charge is 0.374 e. The summed E-state index contributed by atoms with van der Waals surface area (Å²) in [5.41, 5.74) is 3.88. The van der Waals surface area contributed by atoms with Crippen LogP contribution in [0.4, 0.5) is 5.69 Å². The first kappa shape index (κ1) is 13.2. The van der Waals surface area contributed by atoms with Crippen LogP contribution < -0.4 is 10.2 Å². The Bertz CT molecular complexity index is 607. The van der Waals surface area contributed by atoms with Gasteiger partial charge in [-0.3, -0.25) is 4.79 Å². The number of thiophene rings is 1. The van der Waals surface area contributed by atoms with E-state index in [9.17, 15) is 4.79 Å². The Morgan fingerprint density at radius 1 is 1.40 bits per heavy atom. The van der Waals surface area contributed by atoms with E-state index in [0.717, 1.165) is 17.8 Å². The van der Waals surface area contributed by atoms with Gasteiger partial charge in [-0.25, -0.2) is 0 Å².